The number of carbonyl (C=O) groups excluding carboxylic acids is 2. The molecule has 1 aliphatic heterocycles. The third-order valence-corrected chi connectivity index (χ3v) is 6.45. The number of Topliss-reactive ketones (excluding diaryl/α,β-unsaturated/α-hetero) is 1. The summed E-state index contributed by atoms with van der Waals surface area (Å²) >= 11 is 12.9. The summed E-state index contributed by atoms with van der Waals surface area (Å²) in [6.45, 7) is 3.76. The molecule has 1 unspecified atom stereocenters. The van der Waals surface area contributed by atoms with Crippen molar-refractivity contribution in [3.05, 3.63) is 80.2 Å². The molecule has 2 aliphatic rings. The molecule has 1 amide bonds. The molecule has 0 bridgehead atoms. The Morgan fingerprint density at radius 2 is 1.97 bits per heavy atom. The smallest absolute Gasteiger partial charge is 0.337 e. The van der Waals surface area contributed by atoms with Crippen molar-refractivity contribution in [2.24, 2.45) is 0 Å². The Labute approximate surface area is 185 Å². The van der Waals surface area contributed by atoms with Gasteiger partial charge in [-0.1, -0.05) is 35.3 Å². The largest absolute Gasteiger partial charge is 0.362 e. The van der Waals surface area contributed by atoms with E-state index in [1.54, 1.807) is 18.3 Å². The summed E-state index contributed by atoms with van der Waals surface area (Å²) in [6, 6.07) is 9.09. The number of aromatic amines is 1. The average molecular weight is 443 g/mol. The summed E-state index contributed by atoms with van der Waals surface area (Å²) < 4.78 is 0. The van der Waals surface area contributed by atoms with Crippen LogP contribution in [0.25, 0.3) is 0 Å². The summed E-state index contributed by atoms with van der Waals surface area (Å²) in [7, 11) is 0. The van der Waals surface area contributed by atoms with E-state index in [1.165, 1.54) is 0 Å². The van der Waals surface area contributed by atoms with Crippen molar-refractivity contribution in [3.8, 4) is 0 Å². The number of H-pyrrole nitrogens is 1. The van der Waals surface area contributed by atoms with Gasteiger partial charge >= 0.3 is 5.91 Å². The Morgan fingerprint density at radius 3 is 2.73 bits per heavy atom. The molecule has 154 valence electrons. The predicted molar refractivity (Wildman–Crippen MR) is 117 cm³/mol. The van der Waals surface area contributed by atoms with Crippen LogP contribution in [0, 0.1) is 6.92 Å². The lowest BCUT2D eigenvalue weighted by atomic mass is 9.75. The lowest BCUT2D eigenvalue weighted by Crippen LogP contribution is -2.36. The second kappa shape index (κ2) is 8.25. The Bertz CT molecular complexity index is 1120. The molecule has 2 aromatic rings. The standard InChI is InChI=1S/C23H21Cl2N3O2/c1-12-6-5-11-26-22(12)28-23(30)18-13(2)27-16-9-4-10-17(29)20(16)19(18)14-7-3-8-15(24)21(14)25/h3,5-8,11,19,27H,4,9-10H2,1-2H3,(H,26,28,30)/p+1. The van der Waals surface area contributed by atoms with Gasteiger partial charge in [-0.2, -0.15) is 0 Å². The van der Waals surface area contributed by atoms with Gasteiger partial charge in [0.2, 0.25) is 0 Å². The summed E-state index contributed by atoms with van der Waals surface area (Å²) in [6.07, 6.45) is 3.75. The average Bonchev–Trinajstić information content (AvgIpc) is 2.71. The SMILES string of the molecule is CC1=C(C(=O)Nc2[nH+]cccc2C)C(c2cccc(Cl)c2Cl)C2=C(CCCC2=O)N1. The number of allylic oxidation sites excluding steroid dienone is 3. The number of aromatic nitrogens is 1. The van der Waals surface area contributed by atoms with Crippen LogP contribution in [0.1, 0.15) is 43.2 Å². The molecule has 0 radical (unpaired) electrons. The van der Waals surface area contributed by atoms with Crippen LogP contribution < -0.4 is 15.6 Å². The zero-order valence-corrected chi connectivity index (χ0v) is 18.2. The van der Waals surface area contributed by atoms with Gasteiger partial charge in [0.15, 0.2) is 5.78 Å². The molecule has 1 aliphatic carbocycles. The number of hydrogen-bond acceptors (Lipinski definition) is 3. The summed E-state index contributed by atoms with van der Waals surface area (Å²) in [4.78, 5) is 29.5. The van der Waals surface area contributed by atoms with E-state index >= 15 is 0 Å². The van der Waals surface area contributed by atoms with Crippen LogP contribution in [0.15, 0.2) is 59.1 Å². The monoisotopic (exact) mass is 442 g/mol. The van der Waals surface area contributed by atoms with E-state index in [2.05, 4.69) is 15.6 Å². The highest BCUT2D eigenvalue weighted by Gasteiger charge is 2.41. The second-order valence-electron chi connectivity index (χ2n) is 7.59. The Balaban J connectivity index is 1.85. The number of rotatable bonds is 3. The van der Waals surface area contributed by atoms with Crippen LogP contribution in [-0.2, 0) is 9.59 Å². The molecular formula is C23H22Cl2N3O2+. The molecule has 4 rings (SSSR count). The highest BCUT2D eigenvalue weighted by molar-refractivity contribution is 6.42. The highest BCUT2D eigenvalue weighted by atomic mass is 35.5. The van der Waals surface area contributed by atoms with Gasteiger partial charge in [-0.3, -0.25) is 4.79 Å². The topological polar surface area (TPSA) is 72.3 Å². The minimum absolute atomic E-state index is 0.0325. The van der Waals surface area contributed by atoms with Crippen molar-refractivity contribution in [2.75, 3.05) is 5.32 Å². The van der Waals surface area contributed by atoms with E-state index in [9.17, 15) is 9.59 Å². The molecule has 5 nitrogen and oxygen atoms in total. The number of benzene rings is 1. The second-order valence-corrected chi connectivity index (χ2v) is 8.38. The number of pyridine rings is 1. The van der Waals surface area contributed by atoms with Crippen molar-refractivity contribution in [1.29, 1.82) is 0 Å². The lowest BCUT2D eigenvalue weighted by Gasteiger charge is -2.34. The molecule has 2 heterocycles. The Hall–Kier alpha value is -2.63. The van der Waals surface area contributed by atoms with Crippen LogP contribution in [0.3, 0.4) is 0 Å². The maximum absolute atomic E-state index is 13.5. The number of amides is 1. The van der Waals surface area contributed by atoms with E-state index in [-0.39, 0.29) is 11.7 Å². The van der Waals surface area contributed by atoms with Gasteiger partial charge in [0, 0.05) is 29.0 Å². The minimum atomic E-state index is -0.579. The van der Waals surface area contributed by atoms with Crippen molar-refractivity contribution in [3.63, 3.8) is 0 Å². The quantitative estimate of drug-likeness (QED) is 0.721. The van der Waals surface area contributed by atoms with Gasteiger partial charge in [-0.05, 0) is 50.5 Å². The van der Waals surface area contributed by atoms with Gasteiger partial charge in [0.05, 0.1) is 27.7 Å². The van der Waals surface area contributed by atoms with Crippen molar-refractivity contribution < 1.29 is 14.6 Å². The molecule has 0 saturated carbocycles. The highest BCUT2D eigenvalue weighted by Crippen LogP contribution is 2.45. The molecule has 30 heavy (non-hydrogen) atoms. The van der Waals surface area contributed by atoms with Crippen LogP contribution in [0.2, 0.25) is 10.0 Å². The molecule has 0 saturated heterocycles. The fourth-order valence-corrected chi connectivity index (χ4v) is 4.59. The zero-order chi connectivity index (χ0) is 21.4. The molecule has 1 atom stereocenters. The number of dihydropyridines is 1. The van der Waals surface area contributed by atoms with Crippen LogP contribution >= 0.6 is 23.2 Å². The molecule has 0 fully saturated rings. The van der Waals surface area contributed by atoms with Crippen molar-refractivity contribution >= 4 is 40.7 Å². The van der Waals surface area contributed by atoms with Gasteiger partial charge in [0.1, 0.15) is 0 Å². The summed E-state index contributed by atoms with van der Waals surface area (Å²) in [5, 5.41) is 7.01. The molecule has 1 aromatic carbocycles. The predicted octanol–water partition coefficient (Wildman–Crippen LogP) is 4.72. The zero-order valence-electron chi connectivity index (χ0n) is 16.7. The first kappa shape index (κ1) is 20.6. The van der Waals surface area contributed by atoms with Crippen molar-refractivity contribution in [2.45, 2.75) is 39.0 Å². The number of carbonyl (C=O) groups is 2. The number of nitrogens with one attached hydrogen (secondary N) is 3. The fourth-order valence-electron chi connectivity index (χ4n) is 4.18. The van der Waals surface area contributed by atoms with Gasteiger partial charge in [-0.25, -0.2) is 15.1 Å². The van der Waals surface area contributed by atoms with E-state index in [1.807, 2.05) is 32.0 Å². The minimum Gasteiger partial charge on any atom is -0.362 e. The molecule has 7 heteroatoms. The third-order valence-electron chi connectivity index (χ3n) is 5.62. The number of hydrogen-bond donors (Lipinski definition) is 2. The van der Waals surface area contributed by atoms with Gasteiger partial charge in [-0.15, -0.1) is 0 Å². The maximum atomic E-state index is 13.5. The third kappa shape index (κ3) is 3.64. The lowest BCUT2D eigenvalue weighted by molar-refractivity contribution is -0.361. The normalized spacial score (nSPS) is 18.8. The Kier molecular flexibility index (Phi) is 5.67. The van der Waals surface area contributed by atoms with Gasteiger partial charge in [0.25, 0.3) is 5.82 Å². The van der Waals surface area contributed by atoms with E-state index in [0.717, 1.165) is 24.1 Å². The number of halogens is 2. The Morgan fingerprint density at radius 1 is 1.17 bits per heavy atom. The van der Waals surface area contributed by atoms with Crippen LogP contribution in [-0.4, -0.2) is 11.7 Å². The molecular weight excluding hydrogens is 421 g/mol. The van der Waals surface area contributed by atoms with E-state index in [0.29, 0.717) is 44.7 Å². The molecule has 3 N–H and O–H groups in total. The number of anilines is 1. The van der Waals surface area contributed by atoms with Gasteiger partial charge < -0.3 is 5.32 Å². The first-order valence-corrected chi connectivity index (χ1v) is 10.6. The first-order valence-electron chi connectivity index (χ1n) is 9.85. The van der Waals surface area contributed by atoms with Crippen LogP contribution in [0.5, 0.6) is 0 Å². The van der Waals surface area contributed by atoms with Crippen molar-refractivity contribution in [1.82, 2.24) is 5.32 Å². The summed E-state index contributed by atoms with van der Waals surface area (Å²) in [5.41, 5.74) is 4.20. The molecule has 0 spiro atoms. The number of ketones is 1. The summed E-state index contributed by atoms with van der Waals surface area (Å²) in [5.74, 6) is -0.237. The van der Waals surface area contributed by atoms with E-state index < -0.39 is 5.92 Å². The first-order chi connectivity index (χ1) is 14.4. The maximum Gasteiger partial charge on any atom is 0.337 e. The number of aryl methyl sites for hydroxylation is 1. The van der Waals surface area contributed by atoms with Crippen LogP contribution in [0.4, 0.5) is 5.82 Å². The molecule has 1 aromatic heterocycles. The van der Waals surface area contributed by atoms with E-state index in [4.69, 9.17) is 23.2 Å². The fraction of sp³-hybridized carbons (Fsp3) is 0.261.